The van der Waals surface area contributed by atoms with Crippen LogP contribution in [0.15, 0.2) is 30.4 Å². The molecule has 2 aliphatic rings. The van der Waals surface area contributed by atoms with Crippen molar-refractivity contribution in [3.05, 3.63) is 47.0 Å². The third-order valence-electron chi connectivity index (χ3n) is 3.15. The van der Waals surface area contributed by atoms with E-state index in [4.69, 9.17) is 4.74 Å². The number of carboxylic acids is 1. The highest BCUT2D eigenvalue weighted by Gasteiger charge is 2.26. The highest BCUT2D eigenvalue weighted by Crippen LogP contribution is 2.35. The second kappa shape index (κ2) is 3.86. The van der Waals surface area contributed by atoms with Gasteiger partial charge in [-0.15, -0.1) is 0 Å². The van der Waals surface area contributed by atoms with Gasteiger partial charge in [-0.05, 0) is 23.6 Å². The molecular weight excluding hydrogens is 216 g/mol. The van der Waals surface area contributed by atoms with Gasteiger partial charge in [0.25, 0.3) is 0 Å². The molecule has 0 saturated carbocycles. The molecule has 1 aromatic rings. The molecule has 17 heavy (non-hydrogen) atoms. The minimum atomic E-state index is -0.887. The lowest BCUT2D eigenvalue weighted by Crippen LogP contribution is -2.22. The van der Waals surface area contributed by atoms with Gasteiger partial charge in [-0.3, -0.25) is 0 Å². The van der Waals surface area contributed by atoms with Gasteiger partial charge in [0.2, 0.25) is 0 Å². The van der Waals surface area contributed by atoms with Crippen molar-refractivity contribution in [2.75, 3.05) is 6.61 Å². The van der Waals surface area contributed by atoms with Crippen molar-refractivity contribution < 1.29 is 14.6 Å². The van der Waals surface area contributed by atoms with Crippen LogP contribution in [0.1, 0.15) is 27.9 Å². The molecule has 1 aliphatic carbocycles. The molecule has 1 heterocycles. The zero-order valence-corrected chi connectivity index (χ0v) is 9.22. The Morgan fingerprint density at radius 1 is 1.41 bits per heavy atom. The van der Waals surface area contributed by atoms with E-state index in [9.17, 15) is 9.90 Å². The second-order valence-corrected chi connectivity index (χ2v) is 4.17. The molecule has 0 fully saturated rings. The van der Waals surface area contributed by atoms with Crippen LogP contribution in [0.3, 0.4) is 0 Å². The van der Waals surface area contributed by atoms with Crippen LogP contribution in [-0.4, -0.2) is 23.8 Å². The van der Waals surface area contributed by atoms with Crippen molar-refractivity contribution in [2.45, 2.75) is 12.5 Å². The van der Waals surface area contributed by atoms with Crippen molar-refractivity contribution in [1.29, 1.82) is 0 Å². The summed E-state index contributed by atoms with van der Waals surface area (Å²) in [5.41, 5.74) is 3.12. The van der Waals surface area contributed by atoms with E-state index in [2.05, 4.69) is 6.08 Å². The number of ether oxygens (including phenoxy) is 1. The van der Waals surface area contributed by atoms with Crippen LogP contribution in [0.25, 0.3) is 11.6 Å². The minimum absolute atomic E-state index is 0.0863. The van der Waals surface area contributed by atoms with Crippen LogP contribution in [0, 0.1) is 0 Å². The van der Waals surface area contributed by atoms with Crippen molar-refractivity contribution in [2.24, 2.45) is 0 Å². The molecule has 0 spiro atoms. The first-order chi connectivity index (χ1) is 8.27. The number of benzene rings is 1. The monoisotopic (exact) mass is 228 g/mol. The van der Waals surface area contributed by atoms with E-state index in [0.717, 1.165) is 23.1 Å². The van der Waals surface area contributed by atoms with Gasteiger partial charge in [-0.2, -0.15) is 0 Å². The van der Waals surface area contributed by atoms with E-state index in [1.54, 1.807) is 12.1 Å². The quantitative estimate of drug-likeness (QED) is 0.803. The number of carboxylic acid groups (broad SMARTS) is 1. The Labute approximate surface area is 99.0 Å². The molecule has 1 N–H and O–H groups in total. The average Bonchev–Trinajstić information content (AvgIpc) is 2.37. The molecule has 0 aromatic heterocycles. The summed E-state index contributed by atoms with van der Waals surface area (Å²) in [7, 11) is 0. The summed E-state index contributed by atoms with van der Waals surface area (Å²) in [4.78, 5) is 11.3. The second-order valence-electron chi connectivity index (χ2n) is 4.17. The topological polar surface area (TPSA) is 46.5 Å². The Morgan fingerprint density at radius 3 is 3.12 bits per heavy atom. The normalized spacial score (nSPS) is 21.4. The highest BCUT2D eigenvalue weighted by atomic mass is 16.5. The Kier molecular flexibility index (Phi) is 2.34. The summed E-state index contributed by atoms with van der Waals surface area (Å²) in [6.07, 6.45) is 6.76. The maximum Gasteiger partial charge on any atom is 0.336 e. The van der Waals surface area contributed by atoms with Gasteiger partial charge in [0.15, 0.2) is 0 Å². The molecule has 0 saturated heterocycles. The van der Waals surface area contributed by atoms with E-state index in [1.165, 1.54) is 0 Å². The minimum Gasteiger partial charge on any atom is -0.478 e. The van der Waals surface area contributed by atoms with Gasteiger partial charge in [0, 0.05) is 5.56 Å². The van der Waals surface area contributed by atoms with Crippen molar-refractivity contribution >= 4 is 17.6 Å². The van der Waals surface area contributed by atoms with Gasteiger partial charge >= 0.3 is 5.97 Å². The predicted octanol–water partition coefficient (Wildman–Crippen LogP) is 2.58. The fraction of sp³-hybridized carbons (Fsp3) is 0.214. The summed E-state index contributed by atoms with van der Waals surface area (Å²) < 4.78 is 5.63. The van der Waals surface area contributed by atoms with Gasteiger partial charge < -0.3 is 9.84 Å². The molecule has 3 nitrogen and oxygen atoms in total. The molecule has 1 unspecified atom stereocenters. The molecule has 3 rings (SSSR count). The summed E-state index contributed by atoms with van der Waals surface area (Å²) in [6, 6.07) is 5.36. The van der Waals surface area contributed by atoms with Gasteiger partial charge in [0.1, 0.15) is 6.10 Å². The average molecular weight is 228 g/mol. The molecule has 3 heteroatoms. The van der Waals surface area contributed by atoms with E-state index < -0.39 is 5.97 Å². The van der Waals surface area contributed by atoms with Crippen LogP contribution >= 0.6 is 0 Å². The molecule has 1 atom stereocenters. The first kappa shape index (κ1) is 10.3. The standard InChI is InChI=1S/C14H12O3/c15-14(16)11-4-1-3-9-6-7-12-10(13(9)11)5-2-8-17-12/h1,3-7,12H,2,8H2,(H,15,16). The van der Waals surface area contributed by atoms with Gasteiger partial charge in [0.05, 0.1) is 12.2 Å². The molecule has 0 amide bonds. The maximum atomic E-state index is 11.3. The Bertz CT molecular complexity index is 540. The Hall–Kier alpha value is -1.87. The van der Waals surface area contributed by atoms with Crippen LogP contribution in [0.5, 0.6) is 0 Å². The molecule has 1 aliphatic heterocycles. The summed E-state index contributed by atoms with van der Waals surface area (Å²) in [6.45, 7) is 0.697. The smallest absolute Gasteiger partial charge is 0.336 e. The SMILES string of the molecule is O=C(O)c1cccc2c1C1=CCCOC1C=C2. The third-order valence-corrected chi connectivity index (χ3v) is 3.15. The van der Waals surface area contributed by atoms with Crippen LogP contribution in [0.4, 0.5) is 0 Å². The van der Waals surface area contributed by atoms with Gasteiger partial charge in [-0.1, -0.05) is 30.4 Å². The van der Waals surface area contributed by atoms with E-state index >= 15 is 0 Å². The summed E-state index contributed by atoms with van der Waals surface area (Å²) >= 11 is 0. The zero-order valence-electron chi connectivity index (χ0n) is 9.22. The van der Waals surface area contributed by atoms with Crippen LogP contribution in [-0.2, 0) is 4.74 Å². The van der Waals surface area contributed by atoms with Gasteiger partial charge in [-0.25, -0.2) is 4.79 Å². The fourth-order valence-electron chi connectivity index (χ4n) is 2.42. The number of carbonyl (C=O) groups is 1. The summed E-state index contributed by atoms with van der Waals surface area (Å²) in [5.74, 6) is -0.887. The summed E-state index contributed by atoms with van der Waals surface area (Å²) in [5, 5.41) is 9.24. The van der Waals surface area contributed by atoms with Crippen molar-refractivity contribution in [1.82, 2.24) is 0 Å². The van der Waals surface area contributed by atoms with E-state index in [0.29, 0.717) is 12.2 Å². The third kappa shape index (κ3) is 1.59. The highest BCUT2D eigenvalue weighted by molar-refractivity contribution is 5.98. The fourth-order valence-corrected chi connectivity index (χ4v) is 2.42. The molecular formula is C14H12O3. The predicted molar refractivity (Wildman–Crippen MR) is 64.8 cm³/mol. The van der Waals surface area contributed by atoms with E-state index in [-0.39, 0.29) is 6.10 Å². The lowest BCUT2D eigenvalue weighted by molar-refractivity contribution is 0.0696. The zero-order chi connectivity index (χ0) is 11.8. The molecule has 1 aromatic carbocycles. The number of hydrogen-bond donors (Lipinski definition) is 1. The first-order valence-electron chi connectivity index (χ1n) is 5.64. The van der Waals surface area contributed by atoms with Crippen LogP contribution in [0.2, 0.25) is 0 Å². The lowest BCUT2D eigenvalue weighted by atomic mass is 9.85. The maximum absolute atomic E-state index is 11.3. The lowest BCUT2D eigenvalue weighted by Gasteiger charge is -2.28. The number of aromatic carboxylic acids is 1. The first-order valence-corrected chi connectivity index (χ1v) is 5.64. The molecule has 0 radical (unpaired) electrons. The van der Waals surface area contributed by atoms with Crippen molar-refractivity contribution in [3.63, 3.8) is 0 Å². The van der Waals surface area contributed by atoms with Crippen LogP contribution < -0.4 is 0 Å². The van der Waals surface area contributed by atoms with Crippen molar-refractivity contribution in [3.8, 4) is 0 Å². The Morgan fingerprint density at radius 2 is 2.29 bits per heavy atom. The number of fused-ring (bicyclic) bond motifs is 3. The number of hydrogen-bond acceptors (Lipinski definition) is 2. The molecule has 0 bridgehead atoms. The molecule has 86 valence electrons. The van der Waals surface area contributed by atoms with E-state index in [1.807, 2.05) is 18.2 Å². The Balaban J connectivity index is 2.24. The largest absolute Gasteiger partial charge is 0.478 e. The number of rotatable bonds is 1.